The Morgan fingerprint density at radius 3 is 2.55 bits per heavy atom. The van der Waals surface area contributed by atoms with Crippen molar-refractivity contribution >= 4 is 5.91 Å². The van der Waals surface area contributed by atoms with Crippen LogP contribution in [0, 0.1) is 17.2 Å². The van der Waals surface area contributed by atoms with Crippen molar-refractivity contribution in [2.24, 2.45) is 11.7 Å². The van der Waals surface area contributed by atoms with Crippen molar-refractivity contribution in [2.45, 2.75) is 25.2 Å². The molecule has 106 valence electrons. The van der Waals surface area contributed by atoms with Gasteiger partial charge in [0.25, 0.3) is 0 Å². The SMILES string of the molecule is N#CC(CN1CCC(CC(N)=O)CC1)c1ccccc1. The number of nitrogens with two attached hydrogens (primary N) is 1. The Balaban J connectivity index is 1.85. The molecular formula is C16H21N3O. The van der Waals surface area contributed by atoms with Crippen molar-refractivity contribution in [1.29, 1.82) is 5.26 Å². The van der Waals surface area contributed by atoms with Crippen LogP contribution in [-0.4, -0.2) is 30.4 Å². The maximum absolute atomic E-state index is 10.9. The molecule has 2 N–H and O–H groups in total. The molecule has 1 aliphatic heterocycles. The number of nitrogens with zero attached hydrogens (tertiary/aromatic N) is 2. The fourth-order valence-corrected chi connectivity index (χ4v) is 2.82. The van der Waals surface area contributed by atoms with Gasteiger partial charge in [-0.15, -0.1) is 0 Å². The topological polar surface area (TPSA) is 70.1 Å². The van der Waals surface area contributed by atoms with E-state index in [2.05, 4.69) is 11.0 Å². The van der Waals surface area contributed by atoms with Gasteiger partial charge in [-0.2, -0.15) is 5.26 Å². The van der Waals surface area contributed by atoms with E-state index in [0.29, 0.717) is 12.3 Å². The van der Waals surface area contributed by atoms with Gasteiger partial charge in [-0.1, -0.05) is 30.3 Å². The number of likely N-dealkylation sites (tertiary alicyclic amines) is 1. The molecule has 1 amide bonds. The number of amides is 1. The average Bonchev–Trinajstić information content (AvgIpc) is 2.47. The number of carbonyl (C=O) groups excluding carboxylic acids is 1. The van der Waals surface area contributed by atoms with Crippen molar-refractivity contribution in [3.8, 4) is 6.07 Å². The Morgan fingerprint density at radius 1 is 1.35 bits per heavy atom. The highest BCUT2D eigenvalue weighted by atomic mass is 16.1. The van der Waals surface area contributed by atoms with Crippen LogP contribution in [0.2, 0.25) is 0 Å². The van der Waals surface area contributed by atoms with Crippen LogP contribution >= 0.6 is 0 Å². The molecule has 2 rings (SSSR count). The van der Waals surface area contributed by atoms with Crippen molar-refractivity contribution in [2.75, 3.05) is 19.6 Å². The molecule has 1 heterocycles. The van der Waals surface area contributed by atoms with E-state index in [-0.39, 0.29) is 11.8 Å². The molecule has 4 heteroatoms. The van der Waals surface area contributed by atoms with Crippen LogP contribution in [0.4, 0.5) is 0 Å². The maximum atomic E-state index is 10.9. The summed E-state index contributed by atoms with van der Waals surface area (Å²) in [5.41, 5.74) is 6.32. The van der Waals surface area contributed by atoms with Crippen LogP contribution in [0.1, 0.15) is 30.7 Å². The van der Waals surface area contributed by atoms with Crippen molar-refractivity contribution in [1.82, 2.24) is 4.90 Å². The summed E-state index contributed by atoms with van der Waals surface area (Å²) in [4.78, 5) is 13.2. The first-order valence-corrected chi connectivity index (χ1v) is 7.14. The van der Waals surface area contributed by atoms with Crippen LogP contribution in [-0.2, 0) is 4.79 Å². The van der Waals surface area contributed by atoms with E-state index >= 15 is 0 Å². The molecule has 1 saturated heterocycles. The van der Waals surface area contributed by atoms with Gasteiger partial charge in [0.2, 0.25) is 5.91 Å². The summed E-state index contributed by atoms with van der Waals surface area (Å²) in [7, 11) is 0. The minimum atomic E-state index is -0.206. The third kappa shape index (κ3) is 4.07. The molecule has 0 radical (unpaired) electrons. The third-order valence-corrected chi connectivity index (χ3v) is 4.00. The van der Waals surface area contributed by atoms with Gasteiger partial charge in [0.1, 0.15) is 0 Å². The summed E-state index contributed by atoms with van der Waals surface area (Å²) in [5, 5.41) is 9.34. The molecule has 0 spiro atoms. The minimum absolute atomic E-state index is 0.0797. The van der Waals surface area contributed by atoms with Gasteiger partial charge in [-0.05, 0) is 37.4 Å². The lowest BCUT2D eigenvalue weighted by atomic mass is 9.92. The normalized spacial score (nSPS) is 18.4. The van der Waals surface area contributed by atoms with E-state index in [1.807, 2.05) is 30.3 Å². The van der Waals surface area contributed by atoms with E-state index < -0.39 is 0 Å². The molecule has 1 unspecified atom stereocenters. The van der Waals surface area contributed by atoms with Crippen molar-refractivity contribution < 1.29 is 4.79 Å². The van der Waals surface area contributed by atoms with E-state index in [1.165, 1.54) is 0 Å². The Kier molecular flexibility index (Phi) is 5.14. The first-order chi connectivity index (χ1) is 9.69. The average molecular weight is 271 g/mol. The molecule has 1 aromatic carbocycles. The molecule has 20 heavy (non-hydrogen) atoms. The van der Waals surface area contributed by atoms with E-state index in [1.54, 1.807) is 0 Å². The maximum Gasteiger partial charge on any atom is 0.217 e. The van der Waals surface area contributed by atoms with Gasteiger partial charge in [-0.3, -0.25) is 4.79 Å². The fraction of sp³-hybridized carbons (Fsp3) is 0.500. The highest BCUT2D eigenvalue weighted by molar-refractivity contribution is 5.73. The molecule has 0 aliphatic carbocycles. The summed E-state index contributed by atoms with van der Waals surface area (Å²) >= 11 is 0. The second-order valence-electron chi connectivity index (χ2n) is 5.51. The second-order valence-corrected chi connectivity index (χ2v) is 5.51. The number of hydrogen-bond acceptors (Lipinski definition) is 3. The lowest BCUT2D eigenvalue weighted by Gasteiger charge is -2.32. The lowest BCUT2D eigenvalue weighted by molar-refractivity contribution is -0.119. The Labute approximate surface area is 120 Å². The van der Waals surface area contributed by atoms with Gasteiger partial charge in [0.05, 0.1) is 12.0 Å². The Morgan fingerprint density at radius 2 is 2.00 bits per heavy atom. The summed E-state index contributed by atoms with van der Waals surface area (Å²) < 4.78 is 0. The number of hydrogen-bond donors (Lipinski definition) is 1. The van der Waals surface area contributed by atoms with Crippen LogP contribution in [0.5, 0.6) is 0 Å². The van der Waals surface area contributed by atoms with E-state index in [0.717, 1.165) is 38.0 Å². The predicted octanol–water partition coefficient (Wildman–Crippen LogP) is 1.88. The smallest absolute Gasteiger partial charge is 0.217 e. The Hall–Kier alpha value is -1.86. The van der Waals surface area contributed by atoms with Gasteiger partial charge >= 0.3 is 0 Å². The van der Waals surface area contributed by atoms with Gasteiger partial charge in [0, 0.05) is 13.0 Å². The minimum Gasteiger partial charge on any atom is -0.370 e. The number of piperidine rings is 1. The highest BCUT2D eigenvalue weighted by Gasteiger charge is 2.23. The number of nitriles is 1. The molecule has 1 atom stereocenters. The summed E-state index contributed by atoms with van der Waals surface area (Å²) in [6, 6.07) is 12.3. The summed E-state index contributed by atoms with van der Waals surface area (Å²) in [6.07, 6.45) is 2.49. The van der Waals surface area contributed by atoms with Crippen LogP contribution in [0.25, 0.3) is 0 Å². The van der Waals surface area contributed by atoms with Gasteiger partial charge < -0.3 is 10.6 Å². The molecule has 4 nitrogen and oxygen atoms in total. The Bertz CT molecular complexity index is 472. The van der Waals surface area contributed by atoms with Crippen molar-refractivity contribution in [3.63, 3.8) is 0 Å². The largest absolute Gasteiger partial charge is 0.370 e. The standard InChI is InChI=1S/C16H21N3O/c17-11-15(14-4-2-1-3-5-14)12-19-8-6-13(7-9-19)10-16(18)20/h1-5,13,15H,6-10,12H2,(H2,18,20). The molecule has 0 aromatic heterocycles. The van der Waals surface area contributed by atoms with Crippen LogP contribution in [0.3, 0.4) is 0 Å². The van der Waals surface area contributed by atoms with Gasteiger partial charge in [-0.25, -0.2) is 0 Å². The molecular weight excluding hydrogens is 250 g/mol. The van der Waals surface area contributed by atoms with Gasteiger partial charge in [0.15, 0.2) is 0 Å². The highest BCUT2D eigenvalue weighted by Crippen LogP contribution is 2.23. The summed E-state index contributed by atoms with van der Waals surface area (Å²) in [6.45, 7) is 2.66. The predicted molar refractivity (Wildman–Crippen MR) is 77.8 cm³/mol. The molecule has 1 fully saturated rings. The molecule has 0 saturated carbocycles. The first-order valence-electron chi connectivity index (χ1n) is 7.14. The number of primary amides is 1. The summed E-state index contributed by atoms with van der Waals surface area (Å²) in [5.74, 6) is 0.132. The zero-order valence-electron chi connectivity index (χ0n) is 11.7. The first kappa shape index (κ1) is 14.5. The zero-order chi connectivity index (χ0) is 14.4. The second kappa shape index (κ2) is 7.06. The van der Waals surface area contributed by atoms with E-state index in [4.69, 9.17) is 5.73 Å². The monoisotopic (exact) mass is 271 g/mol. The third-order valence-electron chi connectivity index (χ3n) is 4.00. The van der Waals surface area contributed by atoms with Crippen LogP contribution < -0.4 is 5.73 Å². The fourth-order valence-electron chi connectivity index (χ4n) is 2.82. The van der Waals surface area contributed by atoms with Crippen LogP contribution in [0.15, 0.2) is 30.3 Å². The molecule has 0 bridgehead atoms. The quantitative estimate of drug-likeness (QED) is 0.889. The van der Waals surface area contributed by atoms with E-state index in [9.17, 15) is 10.1 Å². The van der Waals surface area contributed by atoms with Crippen molar-refractivity contribution in [3.05, 3.63) is 35.9 Å². The lowest BCUT2D eigenvalue weighted by Crippen LogP contribution is -2.37. The number of benzene rings is 1. The number of rotatable bonds is 5. The molecule has 1 aliphatic rings. The zero-order valence-corrected chi connectivity index (χ0v) is 11.7. The molecule has 1 aromatic rings. The number of carbonyl (C=O) groups is 1.